The van der Waals surface area contributed by atoms with E-state index in [2.05, 4.69) is 4.74 Å². The Morgan fingerprint density at radius 1 is 1.14 bits per heavy atom. The van der Waals surface area contributed by atoms with Gasteiger partial charge in [-0.25, -0.2) is 18.0 Å². The molecule has 0 amide bonds. The smallest absolute Gasteiger partial charge is 0.349 e. The molecule has 0 aliphatic heterocycles. The Labute approximate surface area is 119 Å². The summed E-state index contributed by atoms with van der Waals surface area (Å²) < 4.78 is 47.8. The van der Waals surface area contributed by atoms with Crippen molar-refractivity contribution >= 4 is 11.9 Å². The zero-order chi connectivity index (χ0) is 16.2. The molecular weight excluding hydrogens is 289 g/mol. The second-order valence-electron chi connectivity index (χ2n) is 4.99. The van der Waals surface area contributed by atoms with Gasteiger partial charge in [-0.15, -0.1) is 0 Å². The van der Waals surface area contributed by atoms with Gasteiger partial charge in [-0.05, 0) is 20.3 Å². The second-order valence-corrected chi connectivity index (χ2v) is 4.99. The molecule has 0 radical (unpaired) electrons. The monoisotopic (exact) mass is 304 g/mol. The zero-order valence-corrected chi connectivity index (χ0v) is 11.8. The van der Waals surface area contributed by atoms with Crippen LogP contribution in [0.1, 0.15) is 27.2 Å². The molecule has 7 heteroatoms. The van der Waals surface area contributed by atoms with Crippen molar-refractivity contribution in [1.29, 1.82) is 0 Å². The van der Waals surface area contributed by atoms with Gasteiger partial charge in [-0.1, -0.05) is 6.92 Å². The summed E-state index contributed by atoms with van der Waals surface area (Å²) in [4.78, 5) is 23.0. The van der Waals surface area contributed by atoms with Crippen LogP contribution in [0, 0.1) is 22.9 Å². The molecule has 0 N–H and O–H groups in total. The molecule has 0 aliphatic carbocycles. The largest absolute Gasteiger partial charge is 0.453 e. The number of esters is 2. The predicted molar refractivity (Wildman–Crippen MR) is 67.0 cm³/mol. The summed E-state index contributed by atoms with van der Waals surface area (Å²) in [5.74, 6) is -6.77. The number of carbonyl (C=O) groups excluding carboxylic acids is 2. The lowest BCUT2D eigenvalue weighted by molar-refractivity contribution is -0.161. The Morgan fingerprint density at radius 3 is 2.14 bits per heavy atom. The van der Waals surface area contributed by atoms with Crippen molar-refractivity contribution in [2.75, 3.05) is 6.61 Å². The molecule has 0 saturated carbocycles. The lowest BCUT2D eigenvalue weighted by Crippen LogP contribution is -2.29. The van der Waals surface area contributed by atoms with Crippen molar-refractivity contribution in [2.45, 2.75) is 27.2 Å². The fraction of sp³-hybridized carbons (Fsp3) is 0.429. The van der Waals surface area contributed by atoms with E-state index in [-0.39, 0.29) is 0 Å². The van der Waals surface area contributed by atoms with Crippen LogP contribution in [0.2, 0.25) is 0 Å². The van der Waals surface area contributed by atoms with Gasteiger partial charge in [0.2, 0.25) is 0 Å². The molecule has 0 aromatic heterocycles. The molecule has 1 aromatic rings. The molecule has 116 valence electrons. The highest BCUT2D eigenvalue weighted by Crippen LogP contribution is 2.22. The van der Waals surface area contributed by atoms with Gasteiger partial charge >= 0.3 is 11.9 Å². The Bertz CT molecular complexity index is 532. The van der Waals surface area contributed by atoms with Gasteiger partial charge in [0.25, 0.3) is 0 Å². The molecule has 0 unspecified atom stereocenters. The van der Waals surface area contributed by atoms with E-state index in [9.17, 15) is 22.8 Å². The van der Waals surface area contributed by atoms with Crippen LogP contribution in [0.25, 0.3) is 0 Å². The molecule has 0 aliphatic rings. The third kappa shape index (κ3) is 4.47. The Kier molecular flexibility index (Phi) is 5.34. The molecule has 1 aromatic carbocycles. The maximum atomic E-state index is 12.9. The van der Waals surface area contributed by atoms with Gasteiger partial charge in [-0.2, -0.15) is 0 Å². The Hall–Kier alpha value is -2.05. The van der Waals surface area contributed by atoms with Crippen LogP contribution in [-0.4, -0.2) is 18.5 Å². The maximum Gasteiger partial charge on any atom is 0.349 e. The van der Waals surface area contributed by atoms with Crippen LogP contribution in [0.3, 0.4) is 0 Å². The average Bonchev–Trinajstić information content (AvgIpc) is 2.41. The van der Waals surface area contributed by atoms with Crippen molar-refractivity contribution < 1.29 is 32.2 Å². The average molecular weight is 304 g/mol. The number of carbonyl (C=O) groups is 2. The minimum atomic E-state index is -1.66. The van der Waals surface area contributed by atoms with E-state index in [1.165, 1.54) is 0 Å². The lowest BCUT2D eigenvalue weighted by Gasteiger charge is -2.19. The number of rotatable bonds is 5. The van der Waals surface area contributed by atoms with Crippen molar-refractivity contribution in [3.8, 4) is 5.75 Å². The Balaban J connectivity index is 2.61. The molecule has 0 spiro atoms. The van der Waals surface area contributed by atoms with Crippen LogP contribution < -0.4 is 4.74 Å². The first-order valence-electron chi connectivity index (χ1n) is 6.20. The van der Waals surface area contributed by atoms with E-state index in [1.54, 1.807) is 20.8 Å². The lowest BCUT2D eigenvalue weighted by atomic mass is 9.91. The first-order valence-corrected chi connectivity index (χ1v) is 6.20. The van der Waals surface area contributed by atoms with E-state index in [0.717, 1.165) is 0 Å². The van der Waals surface area contributed by atoms with Crippen molar-refractivity contribution in [3.63, 3.8) is 0 Å². The number of benzene rings is 1. The fourth-order valence-corrected chi connectivity index (χ4v) is 1.22. The summed E-state index contributed by atoms with van der Waals surface area (Å²) in [7, 11) is 0. The van der Waals surface area contributed by atoms with Crippen LogP contribution in [0.5, 0.6) is 5.75 Å². The van der Waals surface area contributed by atoms with Gasteiger partial charge in [0.05, 0.1) is 5.41 Å². The van der Waals surface area contributed by atoms with Crippen LogP contribution >= 0.6 is 0 Å². The minimum absolute atomic E-state index is 0.509. The van der Waals surface area contributed by atoms with Gasteiger partial charge < -0.3 is 9.47 Å². The quantitative estimate of drug-likeness (QED) is 0.477. The molecule has 4 nitrogen and oxygen atoms in total. The van der Waals surface area contributed by atoms with Gasteiger partial charge in [0.15, 0.2) is 24.1 Å². The van der Waals surface area contributed by atoms with E-state index in [1.807, 2.05) is 0 Å². The highest BCUT2D eigenvalue weighted by atomic mass is 19.2. The van der Waals surface area contributed by atoms with Crippen molar-refractivity contribution in [1.82, 2.24) is 0 Å². The number of halogens is 3. The third-order valence-electron chi connectivity index (χ3n) is 2.95. The van der Waals surface area contributed by atoms with Crippen LogP contribution in [-0.2, 0) is 14.3 Å². The number of ether oxygens (including phenoxy) is 2. The molecule has 0 bridgehead atoms. The van der Waals surface area contributed by atoms with Crippen molar-refractivity contribution in [2.24, 2.45) is 5.41 Å². The van der Waals surface area contributed by atoms with E-state index < -0.39 is 47.2 Å². The normalized spacial score (nSPS) is 11.1. The summed E-state index contributed by atoms with van der Waals surface area (Å²) in [6.07, 6.45) is 0.509. The van der Waals surface area contributed by atoms with Crippen molar-refractivity contribution in [3.05, 3.63) is 29.6 Å². The highest BCUT2D eigenvalue weighted by molar-refractivity contribution is 5.80. The SMILES string of the molecule is CCC(C)(C)C(=O)OCC(=O)Oc1cc(F)c(F)c(F)c1. The van der Waals surface area contributed by atoms with Crippen LogP contribution in [0.4, 0.5) is 13.2 Å². The molecule has 0 saturated heterocycles. The van der Waals surface area contributed by atoms with Gasteiger partial charge in [-0.3, -0.25) is 4.79 Å². The molecule has 1 rings (SSSR count). The van der Waals surface area contributed by atoms with E-state index >= 15 is 0 Å². The number of hydrogen-bond donors (Lipinski definition) is 0. The second kappa shape index (κ2) is 6.60. The fourth-order valence-electron chi connectivity index (χ4n) is 1.22. The summed E-state index contributed by atoms with van der Waals surface area (Å²) in [5, 5.41) is 0. The van der Waals surface area contributed by atoms with Gasteiger partial charge in [0, 0.05) is 12.1 Å². The number of hydrogen-bond acceptors (Lipinski definition) is 4. The van der Waals surface area contributed by atoms with Gasteiger partial charge in [0.1, 0.15) is 5.75 Å². The molecule has 0 atom stereocenters. The zero-order valence-electron chi connectivity index (χ0n) is 11.8. The topological polar surface area (TPSA) is 52.6 Å². The summed E-state index contributed by atoms with van der Waals surface area (Å²) in [6.45, 7) is 4.36. The summed E-state index contributed by atoms with van der Waals surface area (Å²) >= 11 is 0. The standard InChI is InChI=1S/C14H15F3O4/c1-4-14(2,3)13(19)20-7-11(18)21-8-5-9(15)12(17)10(16)6-8/h5-6H,4,7H2,1-3H3. The molecule has 0 heterocycles. The molecular formula is C14H15F3O4. The highest BCUT2D eigenvalue weighted by Gasteiger charge is 2.28. The summed E-state index contributed by atoms with van der Waals surface area (Å²) in [5.41, 5.74) is -0.756. The minimum Gasteiger partial charge on any atom is -0.453 e. The first kappa shape index (κ1) is 17.0. The van der Waals surface area contributed by atoms with E-state index in [0.29, 0.717) is 18.6 Å². The maximum absolute atomic E-state index is 12.9. The summed E-state index contributed by atoms with van der Waals surface area (Å²) in [6, 6.07) is 1.04. The first-order chi connectivity index (χ1) is 9.67. The third-order valence-corrected chi connectivity index (χ3v) is 2.95. The van der Waals surface area contributed by atoms with E-state index in [4.69, 9.17) is 4.74 Å². The van der Waals surface area contributed by atoms with Crippen LogP contribution in [0.15, 0.2) is 12.1 Å². The molecule has 21 heavy (non-hydrogen) atoms. The Morgan fingerprint density at radius 2 is 1.67 bits per heavy atom. The predicted octanol–water partition coefficient (Wildman–Crippen LogP) is 2.99. The molecule has 0 fully saturated rings.